The van der Waals surface area contributed by atoms with E-state index in [9.17, 15) is 0 Å². The molecule has 0 amide bonds. The zero-order valence-electron chi connectivity index (χ0n) is 11.6. The Labute approximate surface area is 111 Å². The fourth-order valence-electron chi connectivity index (χ4n) is 4.13. The van der Waals surface area contributed by atoms with Crippen molar-refractivity contribution in [1.82, 2.24) is 10.2 Å². The van der Waals surface area contributed by atoms with Crippen LogP contribution in [0.3, 0.4) is 0 Å². The van der Waals surface area contributed by atoms with Crippen molar-refractivity contribution in [3.8, 4) is 0 Å². The highest BCUT2D eigenvalue weighted by Crippen LogP contribution is 2.36. The fourth-order valence-corrected chi connectivity index (χ4v) is 4.13. The van der Waals surface area contributed by atoms with Gasteiger partial charge in [-0.05, 0) is 51.0 Å². The van der Waals surface area contributed by atoms with Gasteiger partial charge in [0.05, 0.1) is 6.10 Å². The minimum atomic E-state index is 0.491. The highest BCUT2D eigenvalue weighted by Gasteiger charge is 2.34. The summed E-state index contributed by atoms with van der Waals surface area (Å²) in [6, 6.07) is 0.920. The van der Waals surface area contributed by atoms with E-state index in [1.807, 2.05) is 0 Å². The van der Waals surface area contributed by atoms with Gasteiger partial charge in [0.2, 0.25) is 0 Å². The smallest absolute Gasteiger partial charge is 0.0700 e. The van der Waals surface area contributed by atoms with Crippen LogP contribution in [0.25, 0.3) is 0 Å². The molecule has 3 nitrogen and oxygen atoms in total. The van der Waals surface area contributed by atoms with E-state index in [0.29, 0.717) is 6.10 Å². The molecular formula is C15H28N2O. The van der Waals surface area contributed by atoms with E-state index in [-0.39, 0.29) is 0 Å². The lowest BCUT2D eigenvalue weighted by Crippen LogP contribution is -2.45. The molecule has 3 aliphatic rings. The molecule has 3 unspecified atom stereocenters. The van der Waals surface area contributed by atoms with Gasteiger partial charge in [-0.3, -0.25) is 4.90 Å². The van der Waals surface area contributed by atoms with Crippen LogP contribution in [-0.2, 0) is 4.74 Å². The summed E-state index contributed by atoms with van der Waals surface area (Å²) in [6.07, 6.45) is 10.3. The lowest BCUT2D eigenvalue weighted by molar-refractivity contribution is 0.0996. The summed E-state index contributed by atoms with van der Waals surface area (Å²) in [6.45, 7) is 5.75. The Morgan fingerprint density at radius 2 is 2.00 bits per heavy atom. The molecule has 3 rings (SSSR count). The van der Waals surface area contributed by atoms with E-state index in [4.69, 9.17) is 4.74 Å². The SMILES string of the molecule is C1COC(CNCCN2CCCC3CCCC32)C1. The van der Waals surface area contributed by atoms with Gasteiger partial charge < -0.3 is 10.1 Å². The monoisotopic (exact) mass is 252 g/mol. The van der Waals surface area contributed by atoms with Crippen molar-refractivity contribution in [3.05, 3.63) is 0 Å². The third kappa shape index (κ3) is 3.06. The van der Waals surface area contributed by atoms with E-state index < -0.39 is 0 Å². The van der Waals surface area contributed by atoms with Crippen LogP contribution in [0, 0.1) is 5.92 Å². The molecule has 2 heterocycles. The van der Waals surface area contributed by atoms with Crippen LogP contribution in [0.5, 0.6) is 0 Å². The molecule has 18 heavy (non-hydrogen) atoms. The highest BCUT2D eigenvalue weighted by molar-refractivity contribution is 4.89. The second kappa shape index (κ2) is 6.36. The average Bonchev–Trinajstić information content (AvgIpc) is 3.05. The second-order valence-electron chi connectivity index (χ2n) is 6.28. The number of piperidine rings is 1. The molecule has 1 aliphatic carbocycles. The standard InChI is InChI=1S/C15H28N2O/c1-4-13-5-2-9-17(15(13)7-1)10-8-16-12-14-6-3-11-18-14/h13-16H,1-12H2. The first-order valence-electron chi connectivity index (χ1n) is 8.00. The molecule has 2 saturated heterocycles. The van der Waals surface area contributed by atoms with Gasteiger partial charge in [0.1, 0.15) is 0 Å². The number of hydrogen-bond acceptors (Lipinski definition) is 3. The summed E-state index contributed by atoms with van der Waals surface area (Å²) in [7, 11) is 0. The number of hydrogen-bond donors (Lipinski definition) is 1. The van der Waals surface area contributed by atoms with Gasteiger partial charge >= 0.3 is 0 Å². The van der Waals surface area contributed by atoms with Crippen molar-refractivity contribution in [1.29, 1.82) is 0 Å². The van der Waals surface area contributed by atoms with Gasteiger partial charge in [-0.15, -0.1) is 0 Å². The van der Waals surface area contributed by atoms with Crippen LogP contribution in [0.1, 0.15) is 44.9 Å². The van der Waals surface area contributed by atoms with Gasteiger partial charge in [0.25, 0.3) is 0 Å². The Morgan fingerprint density at radius 3 is 2.89 bits per heavy atom. The summed E-state index contributed by atoms with van der Waals surface area (Å²) in [5.74, 6) is 1.02. The van der Waals surface area contributed by atoms with Gasteiger partial charge in [-0.25, -0.2) is 0 Å². The minimum absolute atomic E-state index is 0.491. The first kappa shape index (κ1) is 12.9. The van der Waals surface area contributed by atoms with Crippen molar-refractivity contribution in [3.63, 3.8) is 0 Å². The summed E-state index contributed by atoms with van der Waals surface area (Å²) >= 11 is 0. The van der Waals surface area contributed by atoms with E-state index >= 15 is 0 Å². The van der Waals surface area contributed by atoms with Crippen molar-refractivity contribution in [2.24, 2.45) is 5.92 Å². The molecule has 0 radical (unpaired) electrons. The molecule has 3 fully saturated rings. The third-order valence-corrected chi connectivity index (χ3v) is 5.08. The first-order valence-corrected chi connectivity index (χ1v) is 8.00. The fraction of sp³-hybridized carbons (Fsp3) is 1.00. The highest BCUT2D eigenvalue weighted by atomic mass is 16.5. The van der Waals surface area contributed by atoms with E-state index in [2.05, 4.69) is 10.2 Å². The summed E-state index contributed by atoms with van der Waals surface area (Å²) in [5.41, 5.74) is 0. The second-order valence-corrected chi connectivity index (χ2v) is 6.28. The predicted molar refractivity (Wildman–Crippen MR) is 73.8 cm³/mol. The molecule has 0 spiro atoms. The van der Waals surface area contributed by atoms with Crippen LogP contribution in [-0.4, -0.2) is 49.8 Å². The van der Waals surface area contributed by atoms with Crippen molar-refractivity contribution < 1.29 is 4.74 Å². The van der Waals surface area contributed by atoms with Gasteiger partial charge in [0.15, 0.2) is 0 Å². The summed E-state index contributed by atoms with van der Waals surface area (Å²) in [4.78, 5) is 2.75. The van der Waals surface area contributed by atoms with Crippen LogP contribution >= 0.6 is 0 Å². The number of nitrogens with one attached hydrogen (secondary N) is 1. The molecule has 0 aromatic carbocycles. The zero-order chi connectivity index (χ0) is 12.2. The Balaban J connectivity index is 1.34. The molecule has 2 aliphatic heterocycles. The van der Waals surface area contributed by atoms with Crippen molar-refractivity contribution in [2.45, 2.75) is 57.1 Å². The average molecular weight is 252 g/mol. The largest absolute Gasteiger partial charge is 0.377 e. The Hall–Kier alpha value is -0.120. The zero-order valence-corrected chi connectivity index (χ0v) is 11.6. The number of likely N-dealkylation sites (tertiary alicyclic amines) is 1. The van der Waals surface area contributed by atoms with Gasteiger partial charge in [-0.2, -0.15) is 0 Å². The lowest BCUT2D eigenvalue weighted by Gasteiger charge is -2.37. The summed E-state index contributed by atoms with van der Waals surface area (Å²) in [5, 5.41) is 3.59. The topological polar surface area (TPSA) is 24.5 Å². The molecule has 0 aromatic rings. The molecule has 104 valence electrons. The minimum Gasteiger partial charge on any atom is -0.377 e. The number of ether oxygens (including phenoxy) is 1. The van der Waals surface area contributed by atoms with E-state index in [1.54, 1.807) is 0 Å². The van der Waals surface area contributed by atoms with Crippen LogP contribution in [0.2, 0.25) is 0 Å². The van der Waals surface area contributed by atoms with E-state index in [1.165, 1.54) is 58.0 Å². The molecule has 0 aromatic heterocycles. The van der Waals surface area contributed by atoms with Crippen LogP contribution in [0.4, 0.5) is 0 Å². The number of rotatable bonds is 5. The molecule has 3 heteroatoms. The van der Waals surface area contributed by atoms with Crippen LogP contribution < -0.4 is 5.32 Å². The molecule has 1 N–H and O–H groups in total. The predicted octanol–water partition coefficient (Wildman–Crippen LogP) is 2.02. The quantitative estimate of drug-likeness (QED) is 0.758. The van der Waals surface area contributed by atoms with E-state index in [0.717, 1.165) is 31.7 Å². The number of fused-ring (bicyclic) bond motifs is 1. The Morgan fingerprint density at radius 1 is 1.06 bits per heavy atom. The maximum absolute atomic E-state index is 5.64. The molecule has 1 saturated carbocycles. The summed E-state index contributed by atoms with van der Waals surface area (Å²) < 4.78 is 5.64. The number of nitrogens with zero attached hydrogens (tertiary/aromatic N) is 1. The molecule has 3 atom stereocenters. The van der Waals surface area contributed by atoms with Crippen molar-refractivity contribution in [2.75, 3.05) is 32.8 Å². The maximum Gasteiger partial charge on any atom is 0.0700 e. The first-order chi connectivity index (χ1) is 8.93. The van der Waals surface area contributed by atoms with Crippen LogP contribution in [0.15, 0.2) is 0 Å². The Bertz CT molecular complexity index is 253. The molecular weight excluding hydrogens is 224 g/mol. The Kier molecular flexibility index (Phi) is 4.55. The van der Waals surface area contributed by atoms with Gasteiger partial charge in [-0.1, -0.05) is 6.42 Å². The third-order valence-electron chi connectivity index (χ3n) is 5.08. The van der Waals surface area contributed by atoms with Crippen molar-refractivity contribution >= 4 is 0 Å². The maximum atomic E-state index is 5.64. The molecule has 0 bridgehead atoms. The lowest BCUT2D eigenvalue weighted by atomic mass is 9.92. The van der Waals surface area contributed by atoms with Gasteiger partial charge in [0, 0.05) is 32.3 Å². The normalized spacial score (nSPS) is 37.0.